The van der Waals surface area contributed by atoms with Gasteiger partial charge in [-0.15, -0.1) is 0 Å². The summed E-state index contributed by atoms with van der Waals surface area (Å²) in [5, 5.41) is 0.444. The number of ketones is 1. The molecule has 0 aromatic heterocycles. The maximum atomic E-state index is 13.5. The molecule has 0 radical (unpaired) electrons. The third-order valence-corrected chi connectivity index (χ3v) is 2.92. The van der Waals surface area contributed by atoms with Crippen LogP contribution in [0.15, 0.2) is 42.5 Å². The smallest absolute Gasteiger partial charge is 0.208 e. The lowest BCUT2D eigenvalue weighted by Gasteiger charge is -2.14. The lowest BCUT2D eigenvalue weighted by Crippen LogP contribution is -2.25. The van der Waals surface area contributed by atoms with Crippen LogP contribution in [0.5, 0.6) is 5.75 Å². The van der Waals surface area contributed by atoms with E-state index in [1.807, 2.05) is 0 Å². The Balaban J connectivity index is 2.21. The fourth-order valence-corrected chi connectivity index (χ4v) is 1.91. The highest BCUT2D eigenvalue weighted by Crippen LogP contribution is 2.21. The second-order valence-electron chi connectivity index (χ2n) is 4.18. The molecule has 1 atom stereocenters. The van der Waals surface area contributed by atoms with Crippen molar-refractivity contribution in [3.8, 4) is 5.75 Å². The van der Waals surface area contributed by atoms with Gasteiger partial charge in [0.1, 0.15) is 17.4 Å². The molecule has 2 aromatic carbocycles. The van der Waals surface area contributed by atoms with Crippen LogP contribution in [0.2, 0.25) is 5.02 Å². The van der Waals surface area contributed by atoms with Gasteiger partial charge in [-0.1, -0.05) is 23.7 Å². The van der Waals surface area contributed by atoms with Crippen LogP contribution in [-0.2, 0) is 0 Å². The van der Waals surface area contributed by atoms with Gasteiger partial charge in [-0.05, 0) is 37.3 Å². The molecular formula is C15H11ClF2O2. The van der Waals surface area contributed by atoms with Crippen LogP contribution in [0.3, 0.4) is 0 Å². The molecule has 5 heteroatoms. The Kier molecular flexibility index (Phi) is 4.35. The van der Waals surface area contributed by atoms with Crippen molar-refractivity contribution in [2.45, 2.75) is 13.0 Å². The molecule has 0 spiro atoms. The molecule has 2 aromatic rings. The van der Waals surface area contributed by atoms with Crippen LogP contribution >= 0.6 is 11.6 Å². The number of hydrogen-bond acceptors (Lipinski definition) is 2. The summed E-state index contributed by atoms with van der Waals surface area (Å²) in [6, 6.07) is 9.68. The van der Waals surface area contributed by atoms with E-state index in [4.69, 9.17) is 16.3 Å². The van der Waals surface area contributed by atoms with Gasteiger partial charge in [0.15, 0.2) is 6.10 Å². The van der Waals surface area contributed by atoms with Crippen molar-refractivity contribution in [2.24, 2.45) is 0 Å². The molecule has 0 aliphatic rings. The highest BCUT2D eigenvalue weighted by atomic mass is 35.5. The first-order chi connectivity index (χ1) is 9.49. The van der Waals surface area contributed by atoms with Crippen molar-refractivity contribution in [1.82, 2.24) is 0 Å². The number of carbonyl (C=O) groups is 1. The molecule has 1 unspecified atom stereocenters. The molecule has 0 aliphatic heterocycles. The summed E-state index contributed by atoms with van der Waals surface area (Å²) in [6.07, 6.45) is -1.03. The molecule has 0 saturated carbocycles. The van der Waals surface area contributed by atoms with Gasteiger partial charge in [-0.3, -0.25) is 4.79 Å². The highest BCUT2D eigenvalue weighted by Gasteiger charge is 2.23. The van der Waals surface area contributed by atoms with Gasteiger partial charge in [-0.2, -0.15) is 0 Å². The standard InChI is InChI=1S/C15H11ClF2O2/c1-9(20-11-5-2-4-10(16)8-11)15(19)14-12(17)6-3-7-13(14)18/h2-9H,1H3. The molecule has 0 amide bonds. The zero-order valence-corrected chi connectivity index (χ0v) is 11.3. The van der Waals surface area contributed by atoms with Crippen molar-refractivity contribution in [3.05, 3.63) is 64.7 Å². The third-order valence-electron chi connectivity index (χ3n) is 2.69. The van der Waals surface area contributed by atoms with Gasteiger partial charge in [0.05, 0.1) is 5.56 Å². The van der Waals surface area contributed by atoms with E-state index in [-0.39, 0.29) is 0 Å². The average molecular weight is 297 g/mol. The molecule has 0 aliphatic carbocycles. The van der Waals surface area contributed by atoms with Gasteiger partial charge in [0.25, 0.3) is 0 Å². The van der Waals surface area contributed by atoms with Crippen LogP contribution in [0, 0.1) is 11.6 Å². The zero-order valence-electron chi connectivity index (χ0n) is 10.6. The maximum Gasteiger partial charge on any atom is 0.208 e. The van der Waals surface area contributed by atoms with Crippen molar-refractivity contribution in [1.29, 1.82) is 0 Å². The molecule has 104 valence electrons. The molecule has 0 N–H and O–H groups in total. The number of ether oxygens (including phenoxy) is 1. The minimum Gasteiger partial charge on any atom is -0.483 e. The molecule has 0 saturated heterocycles. The van der Waals surface area contributed by atoms with Crippen molar-refractivity contribution in [3.63, 3.8) is 0 Å². The Morgan fingerprint density at radius 1 is 1.15 bits per heavy atom. The van der Waals surface area contributed by atoms with Crippen LogP contribution in [0.1, 0.15) is 17.3 Å². The lowest BCUT2D eigenvalue weighted by molar-refractivity contribution is 0.0809. The maximum absolute atomic E-state index is 13.5. The Morgan fingerprint density at radius 3 is 2.35 bits per heavy atom. The van der Waals surface area contributed by atoms with Gasteiger partial charge in [0.2, 0.25) is 5.78 Å². The van der Waals surface area contributed by atoms with Gasteiger partial charge < -0.3 is 4.74 Å². The summed E-state index contributed by atoms with van der Waals surface area (Å²) in [5.74, 6) is -2.22. The summed E-state index contributed by atoms with van der Waals surface area (Å²) >= 11 is 5.79. The summed E-state index contributed by atoms with van der Waals surface area (Å²) in [6.45, 7) is 1.43. The van der Waals surface area contributed by atoms with E-state index in [0.717, 1.165) is 12.1 Å². The third kappa shape index (κ3) is 3.14. The SMILES string of the molecule is CC(Oc1cccc(Cl)c1)C(=O)c1c(F)cccc1F. The fraction of sp³-hybridized carbons (Fsp3) is 0.133. The number of hydrogen-bond donors (Lipinski definition) is 0. The summed E-state index contributed by atoms with van der Waals surface area (Å²) in [7, 11) is 0. The number of Topliss-reactive ketones (excluding diaryl/α,β-unsaturated/α-hetero) is 1. The van der Waals surface area contributed by atoms with Crippen molar-refractivity contribution in [2.75, 3.05) is 0 Å². The van der Waals surface area contributed by atoms with E-state index in [9.17, 15) is 13.6 Å². The number of benzene rings is 2. The first-order valence-electron chi connectivity index (χ1n) is 5.89. The van der Waals surface area contributed by atoms with E-state index in [0.29, 0.717) is 10.8 Å². The Labute approximate surface area is 119 Å². The van der Waals surface area contributed by atoms with E-state index < -0.39 is 29.1 Å². The van der Waals surface area contributed by atoms with Crippen molar-refractivity contribution < 1.29 is 18.3 Å². The van der Waals surface area contributed by atoms with Crippen LogP contribution in [0.4, 0.5) is 8.78 Å². The predicted molar refractivity (Wildman–Crippen MR) is 72.2 cm³/mol. The zero-order chi connectivity index (χ0) is 14.7. The summed E-state index contributed by atoms with van der Waals surface area (Å²) < 4.78 is 32.4. The Hall–Kier alpha value is -1.94. The van der Waals surface area contributed by atoms with E-state index in [2.05, 4.69) is 0 Å². The molecule has 0 fully saturated rings. The van der Waals surface area contributed by atoms with Crippen LogP contribution in [-0.4, -0.2) is 11.9 Å². The summed E-state index contributed by atoms with van der Waals surface area (Å²) in [4.78, 5) is 12.0. The molecule has 2 rings (SSSR count). The molecule has 0 heterocycles. The normalized spacial score (nSPS) is 12.0. The Morgan fingerprint density at radius 2 is 1.75 bits per heavy atom. The minimum absolute atomic E-state index is 0.357. The molecule has 20 heavy (non-hydrogen) atoms. The average Bonchev–Trinajstić information content (AvgIpc) is 2.38. The lowest BCUT2D eigenvalue weighted by atomic mass is 10.1. The second-order valence-corrected chi connectivity index (χ2v) is 4.61. The van der Waals surface area contributed by atoms with Crippen LogP contribution in [0.25, 0.3) is 0 Å². The molecular weight excluding hydrogens is 286 g/mol. The van der Waals surface area contributed by atoms with Gasteiger partial charge >= 0.3 is 0 Å². The topological polar surface area (TPSA) is 26.3 Å². The number of halogens is 3. The van der Waals surface area contributed by atoms with Gasteiger partial charge in [-0.25, -0.2) is 8.78 Å². The number of carbonyl (C=O) groups excluding carboxylic acids is 1. The van der Waals surface area contributed by atoms with Crippen LogP contribution < -0.4 is 4.74 Å². The van der Waals surface area contributed by atoms with E-state index in [1.165, 1.54) is 19.1 Å². The number of rotatable bonds is 4. The van der Waals surface area contributed by atoms with E-state index >= 15 is 0 Å². The fourth-order valence-electron chi connectivity index (χ4n) is 1.73. The quantitative estimate of drug-likeness (QED) is 0.788. The highest BCUT2D eigenvalue weighted by molar-refractivity contribution is 6.30. The minimum atomic E-state index is -1.03. The van der Waals surface area contributed by atoms with Gasteiger partial charge in [0, 0.05) is 5.02 Å². The first-order valence-corrected chi connectivity index (χ1v) is 6.27. The largest absolute Gasteiger partial charge is 0.483 e. The van der Waals surface area contributed by atoms with E-state index in [1.54, 1.807) is 18.2 Å². The molecule has 2 nitrogen and oxygen atoms in total. The van der Waals surface area contributed by atoms with Crippen molar-refractivity contribution >= 4 is 17.4 Å². The first kappa shape index (κ1) is 14.5. The molecule has 0 bridgehead atoms. The Bertz CT molecular complexity index is 623. The summed E-state index contributed by atoms with van der Waals surface area (Å²) in [5.41, 5.74) is -0.595. The monoisotopic (exact) mass is 296 g/mol. The second kappa shape index (κ2) is 6.01. The predicted octanol–water partition coefficient (Wildman–Crippen LogP) is 4.27.